The van der Waals surface area contributed by atoms with Gasteiger partial charge >= 0.3 is 0 Å². The van der Waals surface area contributed by atoms with Crippen LogP contribution in [0.5, 0.6) is 0 Å². The normalized spacial score (nSPS) is 27.2. The summed E-state index contributed by atoms with van der Waals surface area (Å²) >= 11 is 1.55. The quantitative estimate of drug-likeness (QED) is 0.925. The van der Waals surface area contributed by atoms with E-state index in [1.54, 1.807) is 11.3 Å². The van der Waals surface area contributed by atoms with Crippen molar-refractivity contribution >= 4 is 17.2 Å². The van der Waals surface area contributed by atoms with Crippen LogP contribution in [0.25, 0.3) is 0 Å². The first-order chi connectivity index (χ1) is 10.2. The Balaban J connectivity index is 1.55. The predicted octanol–water partition coefficient (Wildman–Crippen LogP) is 3.38. The van der Waals surface area contributed by atoms with Gasteiger partial charge in [0.15, 0.2) is 0 Å². The number of piperidine rings is 1. The van der Waals surface area contributed by atoms with Crippen LogP contribution in [-0.4, -0.2) is 36.5 Å². The Bertz CT molecular complexity index is 453. The van der Waals surface area contributed by atoms with Crippen LogP contribution >= 0.6 is 11.3 Å². The summed E-state index contributed by atoms with van der Waals surface area (Å²) in [5, 5.41) is 5.72. The molecule has 2 atom stereocenters. The number of amides is 1. The molecule has 0 aromatic carbocycles. The second-order valence-corrected chi connectivity index (χ2v) is 7.73. The highest BCUT2D eigenvalue weighted by Gasteiger charge is 2.29. The first-order valence-corrected chi connectivity index (χ1v) is 9.16. The summed E-state index contributed by atoms with van der Waals surface area (Å²) in [7, 11) is 0. The van der Waals surface area contributed by atoms with Gasteiger partial charge in [0.05, 0.1) is 4.88 Å². The Kier molecular flexibility index (Phi) is 4.96. The van der Waals surface area contributed by atoms with Crippen LogP contribution in [0.15, 0.2) is 17.5 Å². The number of nitrogens with zero attached hydrogens (tertiary/aromatic N) is 1. The van der Waals surface area contributed by atoms with Crippen LogP contribution in [0.2, 0.25) is 0 Å². The molecule has 1 saturated heterocycles. The number of rotatable bonds is 4. The number of nitrogens with one attached hydrogen (secondary N) is 1. The molecule has 116 valence electrons. The number of thiophene rings is 1. The molecule has 0 spiro atoms. The predicted molar refractivity (Wildman–Crippen MR) is 87.8 cm³/mol. The minimum atomic E-state index is 0.212. The first kappa shape index (κ1) is 15.0. The summed E-state index contributed by atoms with van der Waals surface area (Å²) in [4.78, 5) is 15.4. The van der Waals surface area contributed by atoms with Gasteiger partial charge in [-0.1, -0.05) is 25.8 Å². The van der Waals surface area contributed by atoms with Crippen molar-refractivity contribution in [3.63, 3.8) is 0 Å². The van der Waals surface area contributed by atoms with Crippen molar-refractivity contribution in [2.75, 3.05) is 19.6 Å². The zero-order valence-electron chi connectivity index (χ0n) is 12.9. The molecule has 2 unspecified atom stereocenters. The Morgan fingerprint density at radius 2 is 2.19 bits per heavy atom. The molecule has 1 aromatic heterocycles. The average molecular weight is 306 g/mol. The minimum Gasteiger partial charge on any atom is -0.336 e. The van der Waals surface area contributed by atoms with Crippen LogP contribution < -0.4 is 5.32 Å². The number of hydrogen-bond donors (Lipinski definition) is 1. The van der Waals surface area contributed by atoms with Crippen molar-refractivity contribution in [1.29, 1.82) is 0 Å². The highest BCUT2D eigenvalue weighted by molar-refractivity contribution is 7.12. The second kappa shape index (κ2) is 6.93. The Hall–Kier alpha value is -0.870. The minimum absolute atomic E-state index is 0.212. The summed E-state index contributed by atoms with van der Waals surface area (Å²) in [5.41, 5.74) is 0. The maximum absolute atomic E-state index is 12.5. The van der Waals surface area contributed by atoms with Crippen LogP contribution in [0, 0.1) is 11.8 Å². The molecule has 1 amide bonds. The molecule has 1 aromatic rings. The van der Waals surface area contributed by atoms with Crippen molar-refractivity contribution in [3.05, 3.63) is 22.4 Å². The summed E-state index contributed by atoms with van der Waals surface area (Å²) in [6, 6.07) is 4.37. The van der Waals surface area contributed by atoms with Crippen molar-refractivity contribution in [2.24, 2.45) is 11.8 Å². The highest BCUT2D eigenvalue weighted by atomic mass is 32.1. The van der Waals surface area contributed by atoms with Gasteiger partial charge in [0.25, 0.3) is 5.91 Å². The molecule has 3 rings (SSSR count). The van der Waals surface area contributed by atoms with E-state index < -0.39 is 0 Å². The average Bonchev–Trinajstić information content (AvgIpc) is 3.17. The fourth-order valence-electron chi connectivity index (χ4n) is 3.77. The van der Waals surface area contributed by atoms with E-state index in [0.29, 0.717) is 12.0 Å². The molecule has 21 heavy (non-hydrogen) atoms. The van der Waals surface area contributed by atoms with E-state index in [9.17, 15) is 4.79 Å². The van der Waals surface area contributed by atoms with Gasteiger partial charge in [-0.3, -0.25) is 4.79 Å². The molecule has 1 saturated carbocycles. The van der Waals surface area contributed by atoms with E-state index in [-0.39, 0.29) is 5.91 Å². The lowest BCUT2D eigenvalue weighted by atomic mass is 9.95. The van der Waals surface area contributed by atoms with Gasteiger partial charge < -0.3 is 10.2 Å². The van der Waals surface area contributed by atoms with Gasteiger partial charge in [-0.2, -0.15) is 0 Å². The molecule has 0 bridgehead atoms. The number of carbonyl (C=O) groups is 1. The van der Waals surface area contributed by atoms with E-state index in [1.165, 1.54) is 32.1 Å². The molecular weight excluding hydrogens is 280 g/mol. The highest BCUT2D eigenvalue weighted by Crippen LogP contribution is 2.25. The number of likely N-dealkylation sites (tertiary alicyclic amines) is 1. The van der Waals surface area contributed by atoms with Crippen LogP contribution in [-0.2, 0) is 0 Å². The Labute approximate surface area is 131 Å². The third-order valence-corrected chi connectivity index (χ3v) is 5.71. The molecule has 1 N–H and O–H groups in total. The lowest BCUT2D eigenvalue weighted by Crippen LogP contribution is -2.51. The van der Waals surface area contributed by atoms with Crippen molar-refractivity contribution in [3.8, 4) is 0 Å². The van der Waals surface area contributed by atoms with Crippen LogP contribution in [0.3, 0.4) is 0 Å². The molecule has 1 aliphatic heterocycles. The zero-order chi connectivity index (χ0) is 14.7. The van der Waals surface area contributed by atoms with Gasteiger partial charge in [0.1, 0.15) is 0 Å². The second-order valence-electron chi connectivity index (χ2n) is 6.78. The lowest BCUT2D eigenvalue weighted by Gasteiger charge is -2.37. The lowest BCUT2D eigenvalue weighted by molar-refractivity contribution is 0.0643. The molecule has 1 aliphatic carbocycles. The Morgan fingerprint density at radius 1 is 1.38 bits per heavy atom. The summed E-state index contributed by atoms with van der Waals surface area (Å²) in [6.45, 7) is 5.17. The summed E-state index contributed by atoms with van der Waals surface area (Å²) < 4.78 is 0. The largest absolute Gasteiger partial charge is 0.336 e. The standard InChI is InChI=1S/C17H26N2OS/c1-13-9-15(18-10-14-5-2-3-6-14)12-19(11-13)17(20)16-7-4-8-21-16/h4,7-8,13-15,18H,2-3,5-6,9-12H2,1H3. The third kappa shape index (κ3) is 3.86. The van der Waals surface area contributed by atoms with Crippen LogP contribution in [0.1, 0.15) is 48.7 Å². The van der Waals surface area contributed by atoms with Crippen LogP contribution in [0.4, 0.5) is 0 Å². The van der Waals surface area contributed by atoms with E-state index in [1.807, 2.05) is 22.4 Å². The van der Waals surface area contributed by atoms with Crippen molar-refractivity contribution in [1.82, 2.24) is 10.2 Å². The van der Waals surface area contributed by atoms with Gasteiger partial charge in [0.2, 0.25) is 0 Å². The fraction of sp³-hybridized carbons (Fsp3) is 0.706. The van der Waals surface area contributed by atoms with Gasteiger partial charge in [0, 0.05) is 19.1 Å². The SMILES string of the molecule is CC1CC(NCC2CCCC2)CN(C(=O)c2cccs2)C1. The topological polar surface area (TPSA) is 32.3 Å². The van der Waals surface area contributed by atoms with Gasteiger partial charge in [-0.05, 0) is 49.1 Å². The first-order valence-electron chi connectivity index (χ1n) is 8.28. The smallest absolute Gasteiger partial charge is 0.263 e. The molecule has 0 radical (unpaired) electrons. The summed E-state index contributed by atoms with van der Waals surface area (Å²) in [5.74, 6) is 1.66. The molecular formula is C17H26N2OS. The molecule has 4 heteroatoms. The maximum atomic E-state index is 12.5. The third-order valence-electron chi connectivity index (χ3n) is 4.85. The van der Waals surface area contributed by atoms with Gasteiger partial charge in [-0.25, -0.2) is 0 Å². The zero-order valence-corrected chi connectivity index (χ0v) is 13.7. The molecule has 2 heterocycles. The van der Waals surface area contributed by atoms with E-state index in [4.69, 9.17) is 0 Å². The maximum Gasteiger partial charge on any atom is 0.263 e. The fourth-order valence-corrected chi connectivity index (χ4v) is 4.46. The molecule has 2 fully saturated rings. The monoisotopic (exact) mass is 306 g/mol. The van der Waals surface area contributed by atoms with E-state index in [2.05, 4.69) is 12.2 Å². The van der Waals surface area contributed by atoms with Crippen molar-refractivity contribution in [2.45, 2.75) is 45.1 Å². The molecule has 2 aliphatic rings. The number of hydrogen-bond acceptors (Lipinski definition) is 3. The molecule has 3 nitrogen and oxygen atoms in total. The van der Waals surface area contributed by atoms with E-state index >= 15 is 0 Å². The number of carbonyl (C=O) groups excluding carboxylic acids is 1. The van der Waals surface area contributed by atoms with Gasteiger partial charge in [-0.15, -0.1) is 11.3 Å². The summed E-state index contributed by atoms with van der Waals surface area (Å²) in [6.07, 6.45) is 6.76. The van der Waals surface area contributed by atoms with Crippen molar-refractivity contribution < 1.29 is 4.79 Å². The van der Waals surface area contributed by atoms with E-state index in [0.717, 1.165) is 30.4 Å². The Morgan fingerprint density at radius 3 is 2.90 bits per heavy atom.